The Morgan fingerprint density at radius 2 is 0.320 bits per heavy atom. The molecule has 27 aromatic rings. The van der Waals surface area contributed by atoms with Gasteiger partial charge in [-0.1, -0.05) is 398 Å². The second-order valence-corrected chi connectivity index (χ2v) is 46.6. The van der Waals surface area contributed by atoms with E-state index in [2.05, 4.69) is 322 Å². The molecule has 0 aliphatic carbocycles. The summed E-state index contributed by atoms with van der Waals surface area (Å²) >= 11 is 5.60. The third-order valence-electron chi connectivity index (χ3n) is 34.9. The molecule has 0 saturated heterocycles. The van der Waals surface area contributed by atoms with Crippen LogP contribution in [0, 0.1) is 98.7 Å². The van der Waals surface area contributed by atoms with E-state index in [1.807, 2.05) is 34.0 Å². The summed E-state index contributed by atoms with van der Waals surface area (Å²) in [5.74, 6) is 48.4. The quantitative estimate of drug-likeness (QED) is 0.0239. The summed E-state index contributed by atoms with van der Waals surface area (Å²) in [6.07, 6.45) is 34.8. The third-order valence-corrected chi connectivity index (χ3v) is 38.2. The van der Waals surface area contributed by atoms with Crippen LogP contribution in [0.5, 0.6) is 0 Å². The minimum absolute atomic E-state index is 1.00. The number of aryl methyl sites for hydroxylation is 4. The maximum atomic E-state index is 4.10. The molecule has 0 aliphatic heterocycles. The summed E-state index contributed by atoms with van der Waals surface area (Å²) < 4.78 is 0. The number of rotatable bonds is 30. The molecule has 0 fully saturated rings. The van der Waals surface area contributed by atoms with Gasteiger partial charge in [-0.15, -0.1) is 34.0 Å². The predicted octanol–water partition coefficient (Wildman–Crippen LogP) is 40.6. The Morgan fingerprint density at radius 3 is 0.544 bits per heavy atom. The molecule has 0 amide bonds. The van der Waals surface area contributed by atoms with Crippen molar-refractivity contribution >= 4 is 249 Å². The lowest BCUT2D eigenvalue weighted by Crippen LogP contribution is -1.96. The zero-order chi connectivity index (χ0) is 98.8. The van der Waals surface area contributed by atoms with Crippen LogP contribution < -0.4 is 0 Å². The third kappa shape index (κ3) is 14.4. The van der Waals surface area contributed by atoms with E-state index in [4.69, 9.17) is 0 Å². The lowest BCUT2D eigenvalue weighted by Gasteiger charge is -2.13. The fourth-order valence-corrected chi connectivity index (χ4v) is 30.8. The Kier molecular flexibility index (Phi) is 23.2. The zero-order valence-corrected chi connectivity index (χ0v) is 89.2. The van der Waals surface area contributed by atoms with Crippen molar-refractivity contribution in [3.8, 4) is 71.0 Å². The van der Waals surface area contributed by atoms with Crippen molar-refractivity contribution in [3.63, 3.8) is 0 Å². The van der Waals surface area contributed by atoms with Crippen LogP contribution >= 0.6 is 34.0 Å². The first-order chi connectivity index (χ1) is 72.4. The Morgan fingerprint density at radius 1 is 0.156 bits per heavy atom. The van der Waals surface area contributed by atoms with Crippen LogP contribution in [-0.2, 0) is 38.5 Å². The standard InChI is InChI=1S/C144H120S3/c1-11-17-23-29-35-109-111(37-31-25-19-13-3)121(145-119(109)75-59-95-81-97-51-49-89-43-41-87-45-47-91-53-61-107(95)139-129(91)125(87)127(89)133(97)139)77-71-99-83(7)103-67-69-105-85(9)101(117-65-57-93-55-63-115(99)141-131(93)143(117)137(105)135(103)141)73-79-123-113(39-33-27-21-15-5)114(40-34-28-22-16-6)124(147-123)80-74-102-86(10)106-70-68-104-84(8)100(116-64-56-94-58-66-118(102)144-132(94)142(116)136(104)138(106)144)72-78-122-112(38-32-26-20-14-4)110(36-30-24-18-12-2)120(146-122)76-60-96-82-98-52-50-90-44-42-88-46-48-92-54-62-108(96)140-130(92)126(88)128(90)134(98)140/h41-58,61-70,81-82H,11-40H2,1-10H3. The molecular formula is C144H120S3. The average molecular weight is 1950 g/mol. The number of unbranched alkanes of at least 4 members (excludes halogenated alkanes) is 18. The molecule has 0 spiro atoms. The van der Waals surface area contributed by atoms with Crippen molar-refractivity contribution < 1.29 is 0 Å². The van der Waals surface area contributed by atoms with Gasteiger partial charge >= 0.3 is 0 Å². The van der Waals surface area contributed by atoms with Gasteiger partial charge in [0.2, 0.25) is 0 Å². The largest absolute Gasteiger partial charge is 0.117 e. The smallest absolute Gasteiger partial charge is 0.0820 e. The second-order valence-electron chi connectivity index (χ2n) is 43.5. The topological polar surface area (TPSA) is 0 Å². The molecule has 3 aromatic heterocycles. The summed E-state index contributed by atoms with van der Waals surface area (Å²) in [4.78, 5) is 7.15. The first-order valence-corrected chi connectivity index (χ1v) is 58.2. The maximum Gasteiger partial charge on any atom is 0.0820 e. The number of thiophene rings is 3. The van der Waals surface area contributed by atoms with Crippen molar-refractivity contribution in [1.29, 1.82) is 0 Å². The predicted molar refractivity (Wildman–Crippen MR) is 645 cm³/mol. The van der Waals surface area contributed by atoms with E-state index < -0.39 is 0 Å². The van der Waals surface area contributed by atoms with E-state index in [1.165, 1.54) is 416 Å². The van der Waals surface area contributed by atoms with Gasteiger partial charge in [-0.25, -0.2) is 0 Å². The van der Waals surface area contributed by atoms with Gasteiger partial charge in [-0.3, -0.25) is 0 Å². The molecule has 0 unspecified atom stereocenters. The molecule has 0 N–H and O–H groups in total. The van der Waals surface area contributed by atoms with Gasteiger partial charge in [0.1, 0.15) is 0 Å². The maximum absolute atomic E-state index is 4.10. The summed E-state index contributed by atoms with van der Waals surface area (Å²) in [7, 11) is 0. The van der Waals surface area contributed by atoms with Crippen molar-refractivity contribution in [2.24, 2.45) is 0 Å². The summed E-state index contributed by atoms with van der Waals surface area (Å²) in [6, 6.07) is 70.9. The zero-order valence-electron chi connectivity index (χ0n) is 86.8. The molecule has 714 valence electrons. The number of hydrogen-bond acceptors (Lipinski definition) is 3. The van der Waals surface area contributed by atoms with Crippen LogP contribution in [0.25, 0.3) is 215 Å². The fraction of sp³-hybridized carbons (Fsp3) is 0.278. The summed E-state index contributed by atoms with van der Waals surface area (Å²) in [5, 5.41) is 53.2. The lowest BCUT2D eigenvalue weighted by atomic mass is 9.89. The van der Waals surface area contributed by atoms with E-state index in [-0.39, 0.29) is 0 Å². The Labute approximate surface area is 875 Å². The van der Waals surface area contributed by atoms with Crippen LogP contribution in [0.1, 0.15) is 314 Å². The summed E-state index contributed by atoms with van der Waals surface area (Å²) in [5.41, 5.74) is 20.4. The molecule has 27 rings (SSSR count). The Balaban J connectivity index is 0.561. The second kappa shape index (κ2) is 37.2. The molecule has 3 heterocycles. The van der Waals surface area contributed by atoms with Crippen LogP contribution in [0.15, 0.2) is 182 Å². The monoisotopic (exact) mass is 1940 g/mol. The highest BCUT2D eigenvalue weighted by Gasteiger charge is 2.33. The molecule has 0 bridgehead atoms. The van der Waals surface area contributed by atoms with E-state index in [0.29, 0.717) is 0 Å². The average Bonchev–Trinajstić information content (AvgIpc) is 1.51. The van der Waals surface area contributed by atoms with Crippen LogP contribution in [0.3, 0.4) is 0 Å². The van der Waals surface area contributed by atoms with Gasteiger partial charge in [0.15, 0.2) is 0 Å². The van der Waals surface area contributed by atoms with Crippen molar-refractivity contribution in [2.45, 2.75) is 262 Å². The van der Waals surface area contributed by atoms with Crippen molar-refractivity contribution in [3.05, 3.63) is 300 Å². The van der Waals surface area contributed by atoms with Gasteiger partial charge in [0.05, 0.1) is 29.3 Å². The van der Waals surface area contributed by atoms with Gasteiger partial charge in [0.25, 0.3) is 0 Å². The highest BCUT2D eigenvalue weighted by Crippen LogP contribution is 2.57. The molecule has 0 saturated carbocycles. The highest BCUT2D eigenvalue weighted by atomic mass is 32.1. The van der Waals surface area contributed by atoms with Gasteiger partial charge in [0, 0.05) is 33.4 Å². The lowest BCUT2D eigenvalue weighted by molar-refractivity contribution is 0.651. The minimum atomic E-state index is 1.00. The van der Waals surface area contributed by atoms with Crippen molar-refractivity contribution in [1.82, 2.24) is 0 Å². The molecular weight excluding hydrogens is 1830 g/mol. The van der Waals surface area contributed by atoms with Crippen LogP contribution in [0.4, 0.5) is 0 Å². The SMILES string of the molecule is CCCCCCc1c(C#Cc2cc3ccc4ccc5ccc6ccc2c2c6c5c4c32)sc(C#Cc2c(C)c3ccc4c(C)c(C#Cc5sc(C#Cc6c(C)c7ccc8c(C)c(C#Cc9sc(C#Cc%10cc%11ccc%12ccc%13ccc%14ccc%10c%10c%14c%13c%12c%11%10)c(CCCCCC)c9CCCCCC)c9ccc%10ccc6c6c%10c9c8c76)c(CCCCCC)c5CCCCCC)c5ccc6ccc2c2c6c5c4c32)c1CCCCCC. The first-order valence-electron chi connectivity index (χ1n) is 55.7. The van der Waals surface area contributed by atoms with E-state index in [1.54, 1.807) is 0 Å². The normalized spacial score (nSPS) is 12.4. The van der Waals surface area contributed by atoms with Gasteiger partial charge in [-0.2, -0.15) is 0 Å². The van der Waals surface area contributed by atoms with E-state index in [9.17, 15) is 0 Å². The number of hydrogen-bond donors (Lipinski definition) is 0. The Bertz CT molecular complexity index is 9620. The van der Waals surface area contributed by atoms with Crippen LogP contribution in [0.2, 0.25) is 0 Å². The Hall–Kier alpha value is -13.9. The molecule has 0 nitrogen and oxygen atoms in total. The summed E-state index contributed by atoms with van der Waals surface area (Å²) in [6.45, 7) is 23.4. The molecule has 3 heteroatoms. The fourth-order valence-electron chi connectivity index (χ4n) is 27.5. The molecule has 24 aromatic carbocycles. The molecule has 0 radical (unpaired) electrons. The van der Waals surface area contributed by atoms with Crippen molar-refractivity contribution in [2.75, 3.05) is 0 Å². The van der Waals surface area contributed by atoms with Gasteiger partial charge in [-0.05, 0) is 388 Å². The van der Waals surface area contributed by atoms with E-state index in [0.717, 1.165) is 110 Å². The molecule has 0 atom stereocenters. The van der Waals surface area contributed by atoms with Crippen LogP contribution in [-0.4, -0.2) is 0 Å². The van der Waals surface area contributed by atoms with Gasteiger partial charge < -0.3 is 0 Å². The first kappa shape index (κ1) is 91.7. The number of benzene rings is 20. The molecule has 0 aliphatic rings. The molecule has 147 heavy (non-hydrogen) atoms. The highest BCUT2D eigenvalue weighted by molar-refractivity contribution is 7.14. The van der Waals surface area contributed by atoms with E-state index >= 15 is 0 Å². The minimum Gasteiger partial charge on any atom is -0.117 e.